The van der Waals surface area contributed by atoms with Crippen molar-refractivity contribution in [2.24, 2.45) is 5.92 Å². The Morgan fingerprint density at radius 2 is 1.71 bits per heavy atom. The molecule has 0 radical (unpaired) electrons. The fraction of sp³-hybridized carbons (Fsp3) is 0.414. The third kappa shape index (κ3) is 7.01. The van der Waals surface area contributed by atoms with Gasteiger partial charge in [-0.05, 0) is 80.1 Å². The van der Waals surface area contributed by atoms with Crippen LogP contribution in [0.1, 0.15) is 42.7 Å². The first-order chi connectivity index (χ1) is 20.0. The van der Waals surface area contributed by atoms with E-state index in [0.29, 0.717) is 43.8 Å². The SMILES string of the molecule is CS(=O)(=O)Nc1cnc2[nH]cc(C3CCN(CC(=O)C4CCN(C(=O)/C=C/c5cc(F)c(F)c(F)c5)CC4)CC3)c2c1. The predicted molar refractivity (Wildman–Crippen MR) is 153 cm³/mol. The van der Waals surface area contributed by atoms with E-state index in [4.69, 9.17) is 0 Å². The second-order valence-electron chi connectivity index (χ2n) is 11.0. The third-order valence-corrected chi connectivity index (χ3v) is 8.57. The van der Waals surface area contributed by atoms with Crippen LogP contribution < -0.4 is 4.72 Å². The number of amides is 1. The molecular formula is C29H32F3N5O4S. The number of hydrogen-bond donors (Lipinski definition) is 2. The van der Waals surface area contributed by atoms with E-state index < -0.39 is 27.5 Å². The fourth-order valence-corrected chi connectivity index (χ4v) is 6.29. The molecular weight excluding hydrogens is 571 g/mol. The Morgan fingerprint density at radius 3 is 2.36 bits per heavy atom. The monoisotopic (exact) mass is 603 g/mol. The van der Waals surface area contributed by atoms with E-state index in [0.717, 1.165) is 55.3 Å². The average Bonchev–Trinajstić information content (AvgIpc) is 3.37. The summed E-state index contributed by atoms with van der Waals surface area (Å²) >= 11 is 0. The summed E-state index contributed by atoms with van der Waals surface area (Å²) in [5, 5.41) is 0.881. The maximum Gasteiger partial charge on any atom is 0.246 e. The van der Waals surface area contributed by atoms with Crippen LogP contribution in [0, 0.1) is 23.4 Å². The first-order valence-electron chi connectivity index (χ1n) is 13.8. The van der Waals surface area contributed by atoms with Crippen LogP contribution in [0.5, 0.6) is 0 Å². The number of anilines is 1. The molecule has 13 heteroatoms. The summed E-state index contributed by atoms with van der Waals surface area (Å²) in [5.41, 5.74) is 2.24. The minimum atomic E-state index is -3.41. The van der Waals surface area contributed by atoms with Gasteiger partial charge in [-0.25, -0.2) is 26.6 Å². The predicted octanol–water partition coefficient (Wildman–Crippen LogP) is 4.05. The molecule has 2 aliphatic rings. The minimum Gasteiger partial charge on any atom is -0.346 e. The van der Waals surface area contributed by atoms with Crippen molar-refractivity contribution < 1.29 is 31.2 Å². The number of nitrogens with zero attached hydrogens (tertiary/aromatic N) is 3. The maximum absolute atomic E-state index is 13.4. The van der Waals surface area contributed by atoms with Gasteiger partial charge in [0.05, 0.1) is 24.7 Å². The Balaban J connectivity index is 1.09. The summed E-state index contributed by atoms with van der Waals surface area (Å²) in [6.07, 6.45) is 9.73. The van der Waals surface area contributed by atoms with Gasteiger partial charge in [-0.3, -0.25) is 19.2 Å². The highest BCUT2D eigenvalue weighted by molar-refractivity contribution is 7.92. The summed E-state index contributed by atoms with van der Waals surface area (Å²) in [4.78, 5) is 36.8. The summed E-state index contributed by atoms with van der Waals surface area (Å²) in [6.45, 7) is 2.66. The van der Waals surface area contributed by atoms with E-state index in [9.17, 15) is 31.2 Å². The molecule has 3 aromatic rings. The molecule has 2 N–H and O–H groups in total. The average molecular weight is 604 g/mol. The number of nitrogens with one attached hydrogen (secondary N) is 2. The van der Waals surface area contributed by atoms with Crippen LogP contribution in [0.25, 0.3) is 17.1 Å². The van der Waals surface area contributed by atoms with Crippen molar-refractivity contribution in [2.75, 3.05) is 43.7 Å². The number of Topliss-reactive ketones (excluding diaryl/α,β-unsaturated/α-hetero) is 1. The number of piperidine rings is 2. The lowest BCUT2D eigenvalue weighted by atomic mass is 9.88. The van der Waals surface area contributed by atoms with Gasteiger partial charge in [0.25, 0.3) is 0 Å². The highest BCUT2D eigenvalue weighted by Gasteiger charge is 2.30. The number of carbonyl (C=O) groups excluding carboxylic acids is 2. The summed E-state index contributed by atoms with van der Waals surface area (Å²) < 4.78 is 65.6. The zero-order chi connectivity index (χ0) is 30.0. The molecule has 2 saturated heterocycles. The van der Waals surface area contributed by atoms with Crippen molar-refractivity contribution in [1.82, 2.24) is 19.8 Å². The molecule has 0 aliphatic carbocycles. The molecule has 5 rings (SSSR count). The van der Waals surface area contributed by atoms with Gasteiger partial charge in [-0.15, -0.1) is 0 Å². The summed E-state index contributed by atoms with van der Waals surface area (Å²) in [7, 11) is -3.41. The van der Waals surface area contributed by atoms with Crippen LogP contribution in [0.3, 0.4) is 0 Å². The van der Waals surface area contributed by atoms with E-state index in [1.807, 2.05) is 6.20 Å². The summed E-state index contributed by atoms with van der Waals surface area (Å²) in [5.74, 6) is -4.26. The molecule has 9 nitrogen and oxygen atoms in total. The molecule has 2 fully saturated rings. The number of rotatable bonds is 8. The Bertz CT molecular complexity index is 1600. The van der Waals surface area contributed by atoms with Crippen molar-refractivity contribution in [1.29, 1.82) is 0 Å². The molecule has 0 atom stereocenters. The van der Waals surface area contributed by atoms with Crippen molar-refractivity contribution in [3.63, 3.8) is 0 Å². The molecule has 224 valence electrons. The number of benzene rings is 1. The standard InChI is InChI=1S/C29H32F3N5O4S/c1-42(40,41)35-21-14-22-23(16-34-29(22)33-15-21)19-4-8-36(9-5-19)17-26(38)20-6-10-37(11-7-20)27(39)3-2-18-12-24(30)28(32)25(31)13-18/h2-3,12-16,19-20,35H,4-11,17H2,1H3,(H,33,34)/b3-2+. The number of pyridine rings is 1. The second kappa shape index (κ2) is 12.3. The first kappa shape index (κ1) is 29.8. The fourth-order valence-electron chi connectivity index (χ4n) is 5.75. The zero-order valence-electron chi connectivity index (χ0n) is 23.1. The van der Waals surface area contributed by atoms with Gasteiger partial charge >= 0.3 is 0 Å². The van der Waals surface area contributed by atoms with Gasteiger partial charge in [0.1, 0.15) is 11.4 Å². The van der Waals surface area contributed by atoms with Gasteiger partial charge < -0.3 is 9.88 Å². The smallest absolute Gasteiger partial charge is 0.246 e. The molecule has 4 heterocycles. The van der Waals surface area contributed by atoms with Gasteiger partial charge in [-0.1, -0.05) is 0 Å². The number of carbonyl (C=O) groups is 2. The number of halogens is 3. The van der Waals surface area contributed by atoms with E-state index in [1.54, 1.807) is 11.0 Å². The lowest BCUT2D eigenvalue weighted by Gasteiger charge is -2.34. The number of hydrogen-bond acceptors (Lipinski definition) is 6. The highest BCUT2D eigenvalue weighted by Crippen LogP contribution is 2.34. The summed E-state index contributed by atoms with van der Waals surface area (Å²) in [6, 6.07) is 3.44. The zero-order valence-corrected chi connectivity index (χ0v) is 23.9. The quantitative estimate of drug-likeness (QED) is 0.297. The Labute approximate surface area is 241 Å². The third-order valence-electron chi connectivity index (χ3n) is 7.96. The molecule has 2 aliphatic heterocycles. The first-order valence-corrected chi connectivity index (χ1v) is 15.7. The van der Waals surface area contributed by atoms with Crippen LogP contribution >= 0.6 is 0 Å². The Kier molecular flexibility index (Phi) is 8.69. The molecule has 0 bridgehead atoms. The molecule has 1 amide bonds. The topological polar surface area (TPSA) is 115 Å². The molecule has 1 aromatic carbocycles. The molecule has 0 unspecified atom stereocenters. The van der Waals surface area contributed by atoms with Crippen molar-refractivity contribution >= 4 is 44.5 Å². The normalized spacial score (nSPS) is 17.8. The lowest BCUT2D eigenvalue weighted by molar-refractivity contribution is -0.131. The molecule has 0 saturated carbocycles. The van der Waals surface area contributed by atoms with Crippen LogP contribution in [0.2, 0.25) is 0 Å². The number of fused-ring (bicyclic) bond motifs is 1. The maximum atomic E-state index is 13.4. The largest absolute Gasteiger partial charge is 0.346 e. The van der Waals surface area contributed by atoms with E-state index in [1.165, 1.54) is 18.3 Å². The van der Waals surface area contributed by atoms with Gasteiger partial charge in [-0.2, -0.15) is 0 Å². The molecule has 2 aromatic heterocycles. The van der Waals surface area contributed by atoms with Gasteiger partial charge in [0.2, 0.25) is 15.9 Å². The number of sulfonamides is 1. The van der Waals surface area contributed by atoms with Crippen molar-refractivity contribution in [3.8, 4) is 0 Å². The van der Waals surface area contributed by atoms with Crippen LogP contribution in [-0.4, -0.2) is 78.9 Å². The van der Waals surface area contributed by atoms with Gasteiger partial charge in [0.15, 0.2) is 17.5 Å². The Morgan fingerprint density at radius 1 is 1.05 bits per heavy atom. The molecule has 42 heavy (non-hydrogen) atoms. The van der Waals surface area contributed by atoms with Crippen molar-refractivity contribution in [3.05, 3.63) is 65.2 Å². The van der Waals surface area contributed by atoms with E-state index in [-0.39, 0.29) is 29.1 Å². The van der Waals surface area contributed by atoms with Crippen LogP contribution in [0.15, 0.2) is 36.7 Å². The molecule has 0 spiro atoms. The lowest BCUT2D eigenvalue weighted by Crippen LogP contribution is -2.43. The number of H-pyrrole nitrogens is 1. The Hall–Kier alpha value is -3.71. The van der Waals surface area contributed by atoms with E-state index in [2.05, 4.69) is 19.6 Å². The number of ketones is 1. The van der Waals surface area contributed by atoms with E-state index >= 15 is 0 Å². The second-order valence-corrected chi connectivity index (χ2v) is 12.7. The number of likely N-dealkylation sites (tertiary alicyclic amines) is 2. The minimum absolute atomic E-state index is 0.0450. The highest BCUT2D eigenvalue weighted by atomic mass is 32.2. The number of aromatic amines is 1. The van der Waals surface area contributed by atoms with Crippen molar-refractivity contribution in [2.45, 2.75) is 31.6 Å². The number of aromatic nitrogens is 2. The van der Waals surface area contributed by atoms with Gasteiger partial charge in [0, 0.05) is 36.7 Å². The van der Waals surface area contributed by atoms with Crippen LogP contribution in [0.4, 0.5) is 18.9 Å². The van der Waals surface area contributed by atoms with Crippen LogP contribution in [-0.2, 0) is 19.6 Å².